The van der Waals surface area contributed by atoms with E-state index >= 15 is 0 Å². The van der Waals surface area contributed by atoms with Gasteiger partial charge in [-0.05, 0) is 58.4 Å². The first-order chi connectivity index (χ1) is 9.34. The molecule has 3 nitrogen and oxygen atoms in total. The molecule has 0 aromatic heterocycles. The summed E-state index contributed by atoms with van der Waals surface area (Å²) >= 11 is 0. The van der Waals surface area contributed by atoms with Gasteiger partial charge in [0.05, 0.1) is 6.10 Å². The van der Waals surface area contributed by atoms with E-state index in [0.717, 1.165) is 13.1 Å². The van der Waals surface area contributed by atoms with Crippen LogP contribution in [0.4, 0.5) is 0 Å². The molecule has 0 aromatic carbocycles. The van der Waals surface area contributed by atoms with Gasteiger partial charge < -0.3 is 15.0 Å². The lowest BCUT2D eigenvalue weighted by atomic mass is 9.80. The van der Waals surface area contributed by atoms with Crippen molar-refractivity contribution >= 4 is 0 Å². The Morgan fingerprint density at radius 3 is 2.35 bits per heavy atom. The fourth-order valence-electron chi connectivity index (χ4n) is 3.06. The van der Waals surface area contributed by atoms with Gasteiger partial charge in [0.2, 0.25) is 0 Å². The van der Waals surface area contributed by atoms with Gasteiger partial charge in [-0.1, -0.05) is 13.8 Å². The molecule has 1 atom stereocenters. The highest BCUT2D eigenvalue weighted by Gasteiger charge is 2.32. The van der Waals surface area contributed by atoms with Crippen LogP contribution in [0.1, 0.15) is 60.3 Å². The number of ether oxygens (including phenoxy) is 1. The first-order valence-electron chi connectivity index (χ1n) is 8.34. The van der Waals surface area contributed by atoms with Gasteiger partial charge in [0, 0.05) is 32.3 Å². The molecule has 0 saturated carbocycles. The monoisotopic (exact) mass is 284 g/mol. The average molecular weight is 284 g/mol. The molecule has 0 spiro atoms. The van der Waals surface area contributed by atoms with Crippen molar-refractivity contribution in [2.24, 2.45) is 5.41 Å². The Labute approximate surface area is 126 Å². The number of nitrogens with one attached hydrogen (secondary N) is 1. The highest BCUT2D eigenvalue weighted by molar-refractivity contribution is 4.87. The lowest BCUT2D eigenvalue weighted by Crippen LogP contribution is -2.51. The number of methoxy groups -OCH3 is 1. The zero-order valence-corrected chi connectivity index (χ0v) is 14.6. The van der Waals surface area contributed by atoms with E-state index in [4.69, 9.17) is 4.74 Å². The van der Waals surface area contributed by atoms with Crippen LogP contribution in [0.5, 0.6) is 0 Å². The first kappa shape index (κ1) is 17.9. The fourth-order valence-corrected chi connectivity index (χ4v) is 3.06. The number of hydrogen-bond donors (Lipinski definition) is 1. The number of rotatable bonds is 7. The SMILES string of the molecule is CCC(CC)(CNC(C)(C)C)CN1CCCC(OC)C1. The van der Waals surface area contributed by atoms with Crippen molar-refractivity contribution in [2.45, 2.75) is 71.9 Å². The molecule has 1 rings (SSSR count). The van der Waals surface area contributed by atoms with Gasteiger partial charge in [-0.15, -0.1) is 0 Å². The Bertz CT molecular complexity index is 269. The number of hydrogen-bond acceptors (Lipinski definition) is 3. The molecule has 0 amide bonds. The normalized spacial score (nSPS) is 22.2. The van der Waals surface area contributed by atoms with Crippen LogP contribution in [0.25, 0.3) is 0 Å². The number of nitrogens with zero attached hydrogens (tertiary/aromatic N) is 1. The van der Waals surface area contributed by atoms with E-state index in [1.54, 1.807) is 0 Å². The zero-order chi connectivity index (χ0) is 15.2. The maximum absolute atomic E-state index is 5.56. The predicted octanol–water partition coefficient (Wildman–Crippen LogP) is 3.29. The Morgan fingerprint density at radius 2 is 1.85 bits per heavy atom. The minimum Gasteiger partial charge on any atom is -0.380 e. The van der Waals surface area contributed by atoms with E-state index in [2.05, 4.69) is 44.8 Å². The third-order valence-electron chi connectivity index (χ3n) is 4.85. The van der Waals surface area contributed by atoms with Gasteiger partial charge in [0.1, 0.15) is 0 Å². The van der Waals surface area contributed by atoms with E-state index in [0.29, 0.717) is 11.5 Å². The number of likely N-dealkylation sites (tertiary alicyclic amines) is 1. The average Bonchev–Trinajstić information content (AvgIpc) is 2.43. The molecule has 1 N–H and O–H groups in total. The van der Waals surface area contributed by atoms with E-state index < -0.39 is 0 Å². The summed E-state index contributed by atoms with van der Waals surface area (Å²) in [6.45, 7) is 16.1. The van der Waals surface area contributed by atoms with E-state index in [9.17, 15) is 0 Å². The largest absolute Gasteiger partial charge is 0.380 e. The van der Waals surface area contributed by atoms with Crippen LogP contribution in [0, 0.1) is 5.41 Å². The highest BCUT2D eigenvalue weighted by Crippen LogP contribution is 2.29. The van der Waals surface area contributed by atoms with Crippen LogP contribution >= 0.6 is 0 Å². The molecule has 0 radical (unpaired) electrons. The summed E-state index contributed by atoms with van der Waals surface area (Å²) in [5.74, 6) is 0. The maximum atomic E-state index is 5.56. The van der Waals surface area contributed by atoms with Crippen LogP contribution < -0.4 is 5.32 Å². The van der Waals surface area contributed by atoms with Crippen molar-refractivity contribution in [3.8, 4) is 0 Å². The highest BCUT2D eigenvalue weighted by atomic mass is 16.5. The molecule has 1 aliphatic rings. The molecular weight excluding hydrogens is 248 g/mol. The summed E-state index contributed by atoms with van der Waals surface area (Å²) in [6, 6.07) is 0. The molecule has 120 valence electrons. The molecule has 20 heavy (non-hydrogen) atoms. The van der Waals surface area contributed by atoms with Crippen molar-refractivity contribution in [2.75, 3.05) is 33.3 Å². The Kier molecular flexibility index (Phi) is 6.96. The third-order valence-corrected chi connectivity index (χ3v) is 4.85. The van der Waals surface area contributed by atoms with Crippen molar-refractivity contribution in [3.05, 3.63) is 0 Å². The molecule has 1 saturated heterocycles. The smallest absolute Gasteiger partial charge is 0.0698 e. The van der Waals surface area contributed by atoms with E-state index in [1.165, 1.54) is 38.8 Å². The van der Waals surface area contributed by atoms with Crippen molar-refractivity contribution in [1.82, 2.24) is 10.2 Å². The molecule has 1 fully saturated rings. The zero-order valence-electron chi connectivity index (χ0n) is 14.6. The minimum atomic E-state index is 0.201. The molecule has 1 aliphatic heterocycles. The summed E-state index contributed by atoms with van der Waals surface area (Å²) in [7, 11) is 1.85. The number of piperidine rings is 1. The Balaban J connectivity index is 2.60. The molecule has 3 heteroatoms. The van der Waals surface area contributed by atoms with Crippen LogP contribution in [0.15, 0.2) is 0 Å². The molecule has 0 aromatic rings. The van der Waals surface area contributed by atoms with Gasteiger partial charge in [0.25, 0.3) is 0 Å². The van der Waals surface area contributed by atoms with Crippen LogP contribution in [0.3, 0.4) is 0 Å². The van der Waals surface area contributed by atoms with Crippen molar-refractivity contribution in [1.29, 1.82) is 0 Å². The van der Waals surface area contributed by atoms with E-state index in [1.807, 2.05) is 7.11 Å². The van der Waals surface area contributed by atoms with Gasteiger partial charge in [-0.3, -0.25) is 0 Å². The molecule has 0 bridgehead atoms. The second-order valence-electron chi connectivity index (χ2n) is 7.55. The molecule has 0 aliphatic carbocycles. The van der Waals surface area contributed by atoms with Gasteiger partial charge >= 0.3 is 0 Å². The Morgan fingerprint density at radius 1 is 1.20 bits per heavy atom. The third kappa shape index (κ3) is 5.71. The van der Waals surface area contributed by atoms with Gasteiger partial charge in [-0.25, -0.2) is 0 Å². The Hall–Kier alpha value is -0.120. The molecule has 1 heterocycles. The molecular formula is C17H36N2O. The first-order valence-corrected chi connectivity index (χ1v) is 8.34. The minimum absolute atomic E-state index is 0.201. The fraction of sp³-hybridized carbons (Fsp3) is 1.00. The van der Waals surface area contributed by atoms with Crippen molar-refractivity contribution < 1.29 is 4.74 Å². The summed E-state index contributed by atoms with van der Waals surface area (Å²) in [4.78, 5) is 2.62. The van der Waals surface area contributed by atoms with E-state index in [-0.39, 0.29) is 5.54 Å². The predicted molar refractivity (Wildman–Crippen MR) is 87.2 cm³/mol. The summed E-state index contributed by atoms with van der Waals surface area (Å²) in [6.07, 6.45) is 5.40. The maximum Gasteiger partial charge on any atom is 0.0698 e. The van der Waals surface area contributed by atoms with Crippen LogP contribution in [0.2, 0.25) is 0 Å². The van der Waals surface area contributed by atoms with Gasteiger partial charge in [0.15, 0.2) is 0 Å². The van der Waals surface area contributed by atoms with Gasteiger partial charge in [-0.2, -0.15) is 0 Å². The second-order valence-corrected chi connectivity index (χ2v) is 7.55. The summed E-state index contributed by atoms with van der Waals surface area (Å²) in [5, 5.41) is 3.72. The van der Waals surface area contributed by atoms with Crippen LogP contribution in [-0.2, 0) is 4.74 Å². The summed E-state index contributed by atoms with van der Waals surface area (Å²) < 4.78 is 5.56. The quantitative estimate of drug-likeness (QED) is 0.776. The lowest BCUT2D eigenvalue weighted by Gasteiger charge is -2.42. The second kappa shape index (κ2) is 7.77. The van der Waals surface area contributed by atoms with Crippen molar-refractivity contribution in [3.63, 3.8) is 0 Å². The standard InChI is InChI=1S/C17H36N2O/c1-7-17(8-2,13-18-16(3,4)5)14-19-11-9-10-15(12-19)20-6/h15,18H,7-14H2,1-6H3. The molecule has 1 unspecified atom stereocenters. The lowest BCUT2D eigenvalue weighted by molar-refractivity contribution is 0.0112. The summed E-state index contributed by atoms with van der Waals surface area (Å²) in [5.41, 5.74) is 0.593. The topological polar surface area (TPSA) is 24.5 Å². The van der Waals surface area contributed by atoms with Crippen LogP contribution in [-0.4, -0.2) is 49.8 Å².